The first-order valence-electron chi connectivity index (χ1n) is 9.88. The molecule has 32 heavy (non-hydrogen) atoms. The summed E-state index contributed by atoms with van der Waals surface area (Å²) in [7, 11) is 1.55. The van der Waals surface area contributed by atoms with Crippen molar-refractivity contribution in [3.05, 3.63) is 76.3 Å². The summed E-state index contributed by atoms with van der Waals surface area (Å²) in [5.41, 5.74) is 1.92. The van der Waals surface area contributed by atoms with E-state index in [0.717, 1.165) is 21.5 Å². The number of anilines is 1. The molecule has 0 atom stereocenters. The van der Waals surface area contributed by atoms with Gasteiger partial charge in [0.25, 0.3) is 5.91 Å². The fourth-order valence-electron chi connectivity index (χ4n) is 3.24. The van der Waals surface area contributed by atoms with Crippen LogP contribution < -0.4 is 10.1 Å². The molecule has 0 aliphatic carbocycles. The number of nitrogens with zero attached hydrogens (tertiary/aromatic N) is 2. The van der Waals surface area contributed by atoms with Crippen molar-refractivity contribution in [2.45, 2.75) is 13.5 Å². The highest BCUT2D eigenvalue weighted by molar-refractivity contribution is 7.20. The molecule has 0 aliphatic rings. The molecule has 2 heterocycles. The van der Waals surface area contributed by atoms with Gasteiger partial charge in [0, 0.05) is 18.6 Å². The third-order valence-electron chi connectivity index (χ3n) is 4.81. The van der Waals surface area contributed by atoms with Crippen LogP contribution in [0.15, 0.2) is 48.5 Å². The van der Waals surface area contributed by atoms with E-state index in [1.807, 2.05) is 6.92 Å². The zero-order valence-corrected chi connectivity index (χ0v) is 18.3. The molecule has 0 saturated carbocycles. The molecule has 1 amide bonds. The molecular formula is C23H21F2N3O3S. The summed E-state index contributed by atoms with van der Waals surface area (Å²) in [4.78, 5) is 14.2. The van der Waals surface area contributed by atoms with Crippen LogP contribution in [0.1, 0.15) is 20.9 Å². The van der Waals surface area contributed by atoms with Gasteiger partial charge in [0.15, 0.2) is 0 Å². The molecule has 2 aromatic heterocycles. The number of aromatic nitrogens is 2. The fraction of sp³-hybridized carbons (Fsp3) is 0.217. The normalized spacial score (nSPS) is 11.1. The van der Waals surface area contributed by atoms with E-state index in [2.05, 4.69) is 10.4 Å². The quantitative estimate of drug-likeness (QED) is 0.378. The SMILES string of the molecule is COCCOc1ccc(F)cc1NC(=O)c1cc2c(C)nn(Cc3ccc(F)cc3)c2s1. The molecule has 4 rings (SSSR count). The van der Waals surface area contributed by atoms with Gasteiger partial charge < -0.3 is 14.8 Å². The summed E-state index contributed by atoms with van der Waals surface area (Å²) in [6.45, 7) is 2.96. The highest BCUT2D eigenvalue weighted by Gasteiger charge is 2.18. The van der Waals surface area contributed by atoms with Gasteiger partial charge >= 0.3 is 0 Å². The Hall–Kier alpha value is -3.30. The Labute approximate surface area is 187 Å². The molecule has 166 valence electrons. The third kappa shape index (κ3) is 4.79. The predicted molar refractivity (Wildman–Crippen MR) is 120 cm³/mol. The highest BCUT2D eigenvalue weighted by atomic mass is 32.1. The van der Waals surface area contributed by atoms with E-state index in [1.54, 1.807) is 30.0 Å². The van der Waals surface area contributed by atoms with E-state index < -0.39 is 5.82 Å². The van der Waals surface area contributed by atoms with Gasteiger partial charge in [-0.05, 0) is 42.8 Å². The van der Waals surface area contributed by atoms with Crippen LogP contribution in [0.4, 0.5) is 14.5 Å². The molecule has 0 fully saturated rings. The summed E-state index contributed by atoms with van der Waals surface area (Å²) in [6, 6.07) is 11.9. The van der Waals surface area contributed by atoms with Gasteiger partial charge in [0.1, 0.15) is 28.8 Å². The van der Waals surface area contributed by atoms with Gasteiger partial charge in [-0.3, -0.25) is 9.48 Å². The van der Waals surface area contributed by atoms with Crippen LogP contribution in [0.25, 0.3) is 10.2 Å². The number of hydrogen-bond acceptors (Lipinski definition) is 5. The van der Waals surface area contributed by atoms with Gasteiger partial charge in [0.05, 0.1) is 29.4 Å². The summed E-state index contributed by atoms with van der Waals surface area (Å²) in [6.07, 6.45) is 0. The Kier molecular flexibility index (Phi) is 6.48. The zero-order valence-electron chi connectivity index (χ0n) is 17.5. The first kappa shape index (κ1) is 21.9. The number of halogens is 2. The Morgan fingerprint density at radius 3 is 2.59 bits per heavy atom. The molecule has 0 radical (unpaired) electrons. The van der Waals surface area contributed by atoms with Crippen LogP contribution in [-0.4, -0.2) is 36.0 Å². The van der Waals surface area contributed by atoms with Crippen molar-refractivity contribution in [2.75, 3.05) is 25.6 Å². The number of fused-ring (bicyclic) bond motifs is 1. The highest BCUT2D eigenvalue weighted by Crippen LogP contribution is 2.31. The second-order valence-electron chi connectivity index (χ2n) is 7.13. The van der Waals surface area contributed by atoms with Crippen LogP contribution >= 0.6 is 11.3 Å². The Morgan fingerprint density at radius 2 is 1.84 bits per heavy atom. The molecule has 1 N–H and O–H groups in total. The number of rotatable bonds is 8. The average molecular weight is 458 g/mol. The van der Waals surface area contributed by atoms with Gasteiger partial charge in [-0.2, -0.15) is 5.10 Å². The van der Waals surface area contributed by atoms with Gasteiger partial charge in [0.2, 0.25) is 0 Å². The Bertz CT molecular complexity index is 1250. The van der Waals surface area contributed by atoms with Crippen LogP contribution in [0, 0.1) is 18.6 Å². The lowest BCUT2D eigenvalue weighted by Gasteiger charge is -2.12. The van der Waals surface area contributed by atoms with Crippen molar-refractivity contribution in [1.29, 1.82) is 0 Å². The zero-order chi connectivity index (χ0) is 22.7. The number of amides is 1. The van der Waals surface area contributed by atoms with Crippen molar-refractivity contribution < 1.29 is 23.0 Å². The summed E-state index contributed by atoms with van der Waals surface area (Å²) >= 11 is 1.29. The molecule has 0 unspecified atom stereocenters. The second kappa shape index (κ2) is 9.46. The number of hydrogen-bond donors (Lipinski definition) is 1. The standard InChI is InChI=1S/C23H21F2N3O3S/c1-14-18-12-21(32-23(18)28(27-14)13-15-3-5-16(24)6-4-15)22(29)26-19-11-17(25)7-8-20(19)31-10-9-30-2/h3-8,11-12H,9-10,13H2,1-2H3,(H,26,29). The number of nitrogens with one attached hydrogen (secondary N) is 1. The summed E-state index contributed by atoms with van der Waals surface area (Å²) in [5.74, 6) is -0.798. The molecule has 0 saturated heterocycles. The molecule has 0 aliphatic heterocycles. The van der Waals surface area contributed by atoms with Crippen molar-refractivity contribution in [1.82, 2.24) is 9.78 Å². The van der Waals surface area contributed by atoms with Gasteiger partial charge in [-0.1, -0.05) is 12.1 Å². The number of aryl methyl sites for hydroxylation is 1. The minimum Gasteiger partial charge on any atom is -0.489 e. The monoisotopic (exact) mass is 457 g/mol. The van der Waals surface area contributed by atoms with E-state index in [9.17, 15) is 13.6 Å². The number of methoxy groups -OCH3 is 1. The molecule has 6 nitrogen and oxygen atoms in total. The van der Waals surface area contributed by atoms with E-state index in [0.29, 0.717) is 23.8 Å². The van der Waals surface area contributed by atoms with E-state index >= 15 is 0 Å². The van der Waals surface area contributed by atoms with E-state index in [1.165, 1.54) is 41.7 Å². The maximum atomic E-state index is 13.8. The molecule has 4 aromatic rings. The smallest absolute Gasteiger partial charge is 0.265 e. The van der Waals surface area contributed by atoms with Crippen molar-refractivity contribution in [3.63, 3.8) is 0 Å². The van der Waals surface area contributed by atoms with Crippen molar-refractivity contribution in [2.24, 2.45) is 0 Å². The van der Waals surface area contributed by atoms with Crippen molar-refractivity contribution >= 4 is 33.1 Å². The molecule has 9 heteroatoms. The maximum absolute atomic E-state index is 13.8. The molecule has 0 spiro atoms. The molecule has 2 aromatic carbocycles. The van der Waals surface area contributed by atoms with Crippen LogP contribution in [0.2, 0.25) is 0 Å². The summed E-state index contributed by atoms with van der Waals surface area (Å²) in [5, 5.41) is 8.13. The van der Waals surface area contributed by atoms with Crippen molar-refractivity contribution in [3.8, 4) is 5.75 Å². The van der Waals surface area contributed by atoms with Gasteiger partial charge in [-0.25, -0.2) is 8.78 Å². The largest absolute Gasteiger partial charge is 0.489 e. The van der Waals surface area contributed by atoms with E-state index in [-0.39, 0.29) is 24.0 Å². The average Bonchev–Trinajstić information content (AvgIpc) is 3.33. The first-order valence-corrected chi connectivity index (χ1v) is 10.7. The lowest BCUT2D eigenvalue weighted by atomic mass is 10.2. The summed E-state index contributed by atoms with van der Waals surface area (Å²) < 4.78 is 39.3. The number of thiophene rings is 1. The van der Waals surface area contributed by atoms with Crippen LogP contribution in [0.5, 0.6) is 5.75 Å². The number of benzene rings is 2. The Morgan fingerprint density at radius 1 is 1.09 bits per heavy atom. The number of ether oxygens (including phenoxy) is 2. The van der Waals surface area contributed by atoms with E-state index in [4.69, 9.17) is 9.47 Å². The second-order valence-corrected chi connectivity index (χ2v) is 8.17. The predicted octanol–water partition coefficient (Wildman–Crippen LogP) is 5.01. The minimum atomic E-state index is -0.485. The van der Waals surface area contributed by atoms with Gasteiger partial charge in [-0.15, -0.1) is 11.3 Å². The van der Waals surface area contributed by atoms with Crippen LogP contribution in [0.3, 0.4) is 0 Å². The fourth-order valence-corrected chi connectivity index (χ4v) is 4.30. The minimum absolute atomic E-state index is 0.244. The third-order valence-corrected chi connectivity index (χ3v) is 5.96. The lowest BCUT2D eigenvalue weighted by Crippen LogP contribution is -2.13. The molecular weight excluding hydrogens is 436 g/mol. The Balaban J connectivity index is 1.57. The number of carbonyl (C=O) groups excluding carboxylic acids is 1. The number of carbonyl (C=O) groups is 1. The lowest BCUT2D eigenvalue weighted by molar-refractivity contribution is 0.102. The first-order chi connectivity index (χ1) is 15.4. The maximum Gasteiger partial charge on any atom is 0.265 e. The van der Waals surface area contributed by atoms with Crippen LogP contribution in [-0.2, 0) is 11.3 Å². The molecule has 0 bridgehead atoms. The topological polar surface area (TPSA) is 65.4 Å².